The van der Waals surface area contributed by atoms with E-state index in [1.54, 1.807) is 29.0 Å². The minimum Gasteiger partial charge on any atom is -0.480 e. The molecule has 1 unspecified atom stereocenters. The molecule has 0 bridgehead atoms. The summed E-state index contributed by atoms with van der Waals surface area (Å²) in [6, 6.07) is 9.13. The summed E-state index contributed by atoms with van der Waals surface area (Å²) in [5, 5.41) is 10.1. The Kier molecular flexibility index (Phi) is 4.80. The highest BCUT2D eigenvalue weighted by Gasteiger charge is 2.24. The van der Waals surface area contributed by atoms with E-state index in [0.29, 0.717) is 28.5 Å². The minimum atomic E-state index is -0.899. The zero-order chi connectivity index (χ0) is 17.1. The minimum absolute atomic E-state index is 0.280. The zero-order valence-corrected chi connectivity index (χ0v) is 13.8. The van der Waals surface area contributed by atoms with Gasteiger partial charge in [0.25, 0.3) is 0 Å². The summed E-state index contributed by atoms with van der Waals surface area (Å²) in [5.41, 5.74) is 2.17. The van der Waals surface area contributed by atoms with E-state index in [-0.39, 0.29) is 5.82 Å². The van der Waals surface area contributed by atoms with Crippen LogP contribution in [-0.4, -0.2) is 25.6 Å². The van der Waals surface area contributed by atoms with Gasteiger partial charge < -0.3 is 9.67 Å². The van der Waals surface area contributed by atoms with E-state index in [1.807, 2.05) is 13.0 Å². The number of nitrogens with zero attached hydrogens (tertiary/aromatic N) is 3. The Morgan fingerprint density at radius 2 is 2.08 bits per heavy atom. The molecule has 2 aromatic heterocycles. The van der Waals surface area contributed by atoms with Crippen LogP contribution in [0.3, 0.4) is 0 Å². The fraction of sp³-hybridized carbons (Fsp3) is 0.235. The van der Waals surface area contributed by atoms with Gasteiger partial charge in [-0.15, -0.1) is 0 Å². The van der Waals surface area contributed by atoms with Gasteiger partial charge in [-0.3, -0.25) is 0 Å². The summed E-state index contributed by atoms with van der Waals surface area (Å²) >= 11 is 1.42. The number of imidazole rings is 1. The van der Waals surface area contributed by atoms with Gasteiger partial charge in [-0.1, -0.05) is 30.8 Å². The van der Waals surface area contributed by atoms with Crippen molar-refractivity contribution in [1.29, 1.82) is 0 Å². The number of thioether (sulfide) groups is 1. The third kappa shape index (κ3) is 3.26. The predicted molar refractivity (Wildman–Crippen MR) is 90.5 cm³/mol. The molecule has 0 amide bonds. The highest BCUT2D eigenvalue weighted by Crippen LogP contribution is 2.30. The lowest BCUT2D eigenvalue weighted by Crippen LogP contribution is -2.19. The maximum absolute atomic E-state index is 13.0. The number of fused-ring (bicyclic) bond motifs is 1. The van der Waals surface area contributed by atoms with Crippen LogP contribution in [-0.2, 0) is 10.5 Å². The summed E-state index contributed by atoms with van der Waals surface area (Å²) in [6.07, 6.45) is 2.08. The molecule has 0 fully saturated rings. The van der Waals surface area contributed by atoms with Crippen molar-refractivity contribution in [3.63, 3.8) is 0 Å². The van der Waals surface area contributed by atoms with E-state index < -0.39 is 12.0 Å². The highest BCUT2D eigenvalue weighted by molar-refractivity contribution is 7.98. The number of aliphatic carboxylic acids is 1. The fourth-order valence-electron chi connectivity index (χ4n) is 2.51. The average molecular weight is 345 g/mol. The van der Waals surface area contributed by atoms with E-state index in [1.165, 1.54) is 23.9 Å². The van der Waals surface area contributed by atoms with E-state index in [9.17, 15) is 14.3 Å². The van der Waals surface area contributed by atoms with Gasteiger partial charge in [-0.2, -0.15) is 0 Å². The Bertz CT molecular complexity index is 864. The first-order valence-corrected chi connectivity index (χ1v) is 8.51. The molecule has 0 saturated heterocycles. The van der Waals surface area contributed by atoms with Crippen LogP contribution in [0.25, 0.3) is 11.2 Å². The molecule has 0 radical (unpaired) electrons. The molecule has 0 aliphatic carbocycles. The molecule has 24 heavy (non-hydrogen) atoms. The SMILES string of the molecule is CCC(C(=O)O)n1c(SCc2ccc(F)cc2)nc2ncccc21. The Morgan fingerprint density at radius 1 is 1.33 bits per heavy atom. The Morgan fingerprint density at radius 3 is 2.75 bits per heavy atom. The second-order valence-electron chi connectivity index (χ2n) is 5.29. The fourth-order valence-corrected chi connectivity index (χ4v) is 3.51. The van der Waals surface area contributed by atoms with Crippen LogP contribution in [0, 0.1) is 5.82 Å². The number of benzene rings is 1. The van der Waals surface area contributed by atoms with Crippen molar-refractivity contribution >= 4 is 28.9 Å². The molecule has 1 N–H and O–H groups in total. The molecule has 0 saturated carbocycles. The van der Waals surface area contributed by atoms with Gasteiger partial charge >= 0.3 is 5.97 Å². The predicted octanol–water partition coefficient (Wildman–Crippen LogP) is 3.90. The lowest BCUT2D eigenvalue weighted by molar-refractivity contribution is -0.141. The van der Waals surface area contributed by atoms with Crippen LogP contribution in [0.5, 0.6) is 0 Å². The topological polar surface area (TPSA) is 68.0 Å². The zero-order valence-electron chi connectivity index (χ0n) is 13.0. The molecule has 0 spiro atoms. The molecular formula is C17H16FN3O2S. The Hall–Kier alpha value is -2.41. The summed E-state index contributed by atoms with van der Waals surface area (Å²) < 4.78 is 14.7. The number of aromatic nitrogens is 3. The van der Waals surface area contributed by atoms with Crippen molar-refractivity contribution in [2.24, 2.45) is 0 Å². The molecule has 1 atom stereocenters. The van der Waals surface area contributed by atoms with Crippen LogP contribution in [0.2, 0.25) is 0 Å². The van der Waals surface area contributed by atoms with Crippen molar-refractivity contribution < 1.29 is 14.3 Å². The van der Waals surface area contributed by atoms with Crippen LogP contribution in [0.15, 0.2) is 47.8 Å². The number of rotatable bonds is 6. The molecule has 0 aliphatic heterocycles. The van der Waals surface area contributed by atoms with Crippen LogP contribution >= 0.6 is 11.8 Å². The number of hydrogen-bond donors (Lipinski definition) is 1. The van der Waals surface area contributed by atoms with Gasteiger partial charge in [-0.25, -0.2) is 19.2 Å². The first kappa shape index (κ1) is 16.4. The average Bonchev–Trinajstić information content (AvgIpc) is 2.93. The lowest BCUT2D eigenvalue weighted by Gasteiger charge is -2.15. The Labute approximate surface area is 142 Å². The third-order valence-electron chi connectivity index (χ3n) is 3.70. The van der Waals surface area contributed by atoms with E-state index in [0.717, 1.165) is 5.56 Å². The first-order valence-electron chi connectivity index (χ1n) is 7.53. The van der Waals surface area contributed by atoms with Crippen LogP contribution < -0.4 is 0 Å². The number of halogens is 1. The molecular weight excluding hydrogens is 329 g/mol. The smallest absolute Gasteiger partial charge is 0.326 e. The first-order chi connectivity index (χ1) is 11.6. The maximum atomic E-state index is 13.0. The summed E-state index contributed by atoms with van der Waals surface area (Å²) in [6.45, 7) is 1.83. The monoisotopic (exact) mass is 345 g/mol. The second-order valence-corrected chi connectivity index (χ2v) is 6.23. The van der Waals surface area contributed by atoms with Gasteiger partial charge in [0, 0.05) is 11.9 Å². The largest absolute Gasteiger partial charge is 0.480 e. The van der Waals surface area contributed by atoms with Gasteiger partial charge in [0.05, 0.1) is 5.52 Å². The van der Waals surface area contributed by atoms with Gasteiger partial charge in [0.2, 0.25) is 0 Å². The van der Waals surface area contributed by atoms with Gasteiger partial charge in [0.1, 0.15) is 11.9 Å². The maximum Gasteiger partial charge on any atom is 0.326 e. The molecule has 3 rings (SSSR count). The normalized spacial score (nSPS) is 12.4. The quantitative estimate of drug-likeness (QED) is 0.686. The molecule has 2 heterocycles. The number of carbonyl (C=O) groups is 1. The Balaban J connectivity index is 1.97. The van der Waals surface area contributed by atoms with E-state index >= 15 is 0 Å². The van der Waals surface area contributed by atoms with Crippen molar-refractivity contribution in [3.8, 4) is 0 Å². The molecule has 1 aromatic carbocycles. The van der Waals surface area contributed by atoms with Crippen LogP contribution in [0.4, 0.5) is 4.39 Å². The van der Waals surface area contributed by atoms with Crippen molar-refractivity contribution in [3.05, 3.63) is 54.0 Å². The number of carboxylic acids is 1. The van der Waals surface area contributed by atoms with Crippen LogP contribution in [0.1, 0.15) is 24.9 Å². The highest BCUT2D eigenvalue weighted by atomic mass is 32.2. The number of carboxylic acid groups (broad SMARTS) is 1. The molecule has 5 nitrogen and oxygen atoms in total. The summed E-state index contributed by atoms with van der Waals surface area (Å²) in [4.78, 5) is 20.3. The van der Waals surface area contributed by atoms with Gasteiger partial charge in [-0.05, 0) is 36.2 Å². The van der Waals surface area contributed by atoms with Crippen molar-refractivity contribution in [2.45, 2.75) is 30.3 Å². The standard InChI is InChI=1S/C17H16FN3O2S/c1-2-13(16(22)23)21-14-4-3-9-19-15(14)20-17(21)24-10-11-5-7-12(18)8-6-11/h3-9,13H,2,10H2,1H3,(H,22,23). The summed E-state index contributed by atoms with van der Waals surface area (Å²) in [5.74, 6) is -0.610. The van der Waals surface area contributed by atoms with Gasteiger partial charge in [0.15, 0.2) is 10.8 Å². The summed E-state index contributed by atoms with van der Waals surface area (Å²) in [7, 11) is 0. The molecule has 124 valence electrons. The third-order valence-corrected chi connectivity index (χ3v) is 4.72. The molecule has 3 aromatic rings. The van der Waals surface area contributed by atoms with E-state index in [2.05, 4.69) is 9.97 Å². The lowest BCUT2D eigenvalue weighted by atomic mass is 10.2. The molecule has 7 heteroatoms. The van der Waals surface area contributed by atoms with Crippen molar-refractivity contribution in [2.75, 3.05) is 0 Å². The van der Waals surface area contributed by atoms with E-state index in [4.69, 9.17) is 0 Å². The van der Waals surface area contributed by atoms with Crippen molar-refractivity contribution in [1.82, 2.24) is 14.5 Å². The number of pyridine rings is 1. The second kappa shape index (κ2) is 7.00. The number of hydrogen-bond acceptors (Lipinski definition) is 4. The molecule has 0 aliphatic rings.